The molecular formula is C16H16Br2IN. The van der Waals surface area contributed by atoms with Crippen molar-refractivity contribution in [1.29, 1.82) is 0 Å². The molecule has 0 radical (unpaired) electrons. The van der Waals surface area contributed by atoms with E-state index in [2.05, 4.69) is 109 Å². The Bertz CT molecular complexity index is 586. The molecule has 0 heterocycles. The van der Waals surface area contributed by atoms with Crippen molar-refractivity contribution < 1.29 is 0 Å². The van der Waals surface area contributed by atoms with E-state index >= 15 is 0 Å². The van der Waals surface area contributed by atoms with E-state index in [-0.39, 0.29) is 0 Å². The summed E-state index contributed by atoms with van der Waals surface area (Å²) in [5.41, 5.74) is 2.67. The Hall–Kier alpha value is 0.0900. The van der Waals surface area contributed by atoms with Crippen molar-refractivity contribution in [3.63, 3.8) is 0 Å². The first kappa shape index (κ1) is 16.5. The lowest BCUT2D eigenvalue weighted by molar-refractivity contribution is 0.546. The Morgan fingerprint density at radius 1 is 1.15 bits per heavy atom. The molecule has 0 fully saturated rings. The molecule has 1 N–H and O–H groups in total. The molecular weight excluding hydrogens is 493 g/mol. The molecule has 0 saturated heterocycles. The standard InChI is InChI=1S/C16H16Br2IN/c1-2-20-16(9-11-5-3-4-6-14(11)18)13-10-12(17)7-8-15(13)19/h3-8,10,16,20H,2,9H2,1H3. The SMILES string of the molecule is CCNC(Cc1ccccc1Br)c1cc(Br)ccc1I. The molecule has 2 aromatic carbocycles. The van der Waals surface area contributed by atoms with E-state index in [1.165, 1.54) is 19.2 Å². The van der Waals surface area contributed by atoms with Crippen LogP contribution in [0.15, 0.2) is 51.4 Å². The summed E-state index contributed by atoms with van der Waals surface area (Å²) in [5, 5.41) is 3.60. The molecule has 0 aliphatic heterocycles. The van der Waals surface area contributed by atoms with Crippen LogP contribution in [0.3, 0.4) is 0 Å². The fraction of sp³-hybridized carbons (Fsp3) is 0.250. The van der Waals surface area contributed by atoms with Gasteiger partial charge in [0.2, 0.25) is 0 Å². The predicted molar refractivity (Wildman–Crippen MR) is 101 cm³/mol. The molecule has 2 aromatic rings. The summed E-state index contributed by atoms with van der Waals surface area (Å²) in [6, 6.07) is 15.2. The number of rotatable bonds is 5. The molecule has 106 valence electrons. The third-order valence-corrected chi connectivity index (χ3v) is 5.42. The Morgan fingerprint density at radius 2 is 1.90 bits per heavy atom. The maximum absolute atomic E-state index is 3.64. The molecule has 2 rings (SSSR count). The van der Waals surface area contributed by atoms with Gasteiger partial charge in [-0.05, 0) is 70.9 Å². The average molecular weight is 509 g/mol. The summed E-state index contributed by atoms with van der Waals surface area (Å²) in [6.07, 6.45) is 0.974. The first-order chi connectivity index (χ1) is 9.61. The molecule has 0 aromatic heterocycles. The fourth-order valence-electron chi connectivity index (χ4n) is 2.20. The van der Waals surface area contributed by atoms with Crippen LogP contribution in [-0.4, -0.2) is 6.54 Å². The number of benzene rings is 2. The third-order valence-electron chi connectivity index (χ3n) is 3.17. The van der Waals surface area contributed by atoms with Gasteiger partial charge in [-0.1, -0.05) is 57.0 Å². The highest BCUT2D eigenvalue weighted by Gasteiger charge is 2.15. The van der Waals surface area contributed by atoms with E-state index in [9.17, 15) is 0 Å². The summed E-state index contributed by atoms with van der Waals surface area (Å²) in [6.45, 7) is 3.11. The summed E-state index contributed by atoms with van der Waals surface area (Å²) in [7, 11) is 0. The molecule has 0 saturated carbocycles. The van der Waals surface area contributed by atoms with Crippen molar-refractivity contribution in [2.24, 2.45) is 0 Å². The van der Waals surface area contributed by atoms with Crippen LogP contribution in [0.25, 0.3) is 0 Å². The normalized spacial score (nSPS) is 12.4. The first-order valence-corrected chi connectivity index (χ1v) is 9.20. The minimum atomic E-state index is 0.322. The third kappa shape index (κ3) is 4.29. The van der Waals surface area contributed by atoms with Crippen LogP contribution in [0.4, 0.5) is 0 Å². The second-order valence-electron chi connectivity index (χ2n) is 4.57. The maximum Gasteiger partial charge on any atom is 0.0372 e. The number of halogens is 3. The van der Waals surface area contributed by atoms with E-state index in [0.29, 0.717) is 6.04 Å². The monoisotopic (exact) mass is 507 g/mol. The average Bonchev–Trinajstić information content (AvgIpc) is 2.43. The van der Waals surface area contributed by atoms with E-state index in [1.807, 2.05) is 0 Å². The van der Waals surface area contributed by atoms with Crippen molar-refractivity contribution in [3.8, 4) is 0 Å². The van der Waals surface area contributed by atoms with Gasteiger partial charge >= 0.3 is 0 Å². The zero-order valence-electron chi connectivity index (χ0n) is 11.2. The summed E-state index contributed by atoms with van der Waals surface area (Å²) in [5.74, 6) is 0. The highest BCUT2D eigenvalue weighted by molar-refractivity contribution is 14.1. The highest BCUT2D eigenvalue weighted by Crippen LogP contribution is 2.28. The quantitative estimate of drug-likeness (QED) is 0.510. The first-order valence-electron chi connectivity index (χ1n) is 6.53. The van der Waals surface area contributed by atoms with Gasteiger partial charge in [0.25, 0.3) is 0 Å². The maximum atomic E-state index is 3.64. The number of hydrogen-bond donors (Lipinski definition) is 1. The van der Waals surface area contributed by atoms with Crippen LogP contribution in [0.2, 0.25) is 0 Å². The van der Waals surface area contributed by atoms with Crippen LogP contribution in [0.5, 0.6) is 0 Å². The molecule has 1 atom stereocenters. The molecule has 0 amide bonds. The molecule has 1 nitrogen and oxygen atoms in total. The van der Waals surface area contributed by atoms with Gasteiger partial charge in [0.15, 0.2) is 0 Å². The van der Waals surface area contributed by atoms with E-state index in [1.54, 1.807) is 0 Å². The Kier molecular flexibility index (Phi) is 6.52. The van der Waals surface area contributed by atoms with E-state index < -0.39 is 0 Å². The second-order valence-corrected chi connectivity index (χ2v) is 7.50. The van der Waals surface area contributed by atoms with Crippen LogP contribution >= 0.6 is 54.5 Å². The van der Waals surface area contributed by atoms with Crippen molar-refractivity contribution in [1.82, 2.24) is 5.32 Å². The lowest BCUT2D eigenvalue weighted by Gasteiger charge is -2.21. The topological polar surface area (TPSA) is 12.0 Å². The summed E-state index contributed by atoms with van der Waals surface area (Å²) in [4.78, 5) is 0. The lowest BCUT2D eigenvalue weighted by Crippen LogP contribution is -2.24. The number of likely N-dealkylation sites (N-methyl/N-ethyl adjacent to an activating group) is 1. The van der Waals surface area contributed by atoms with Gasteiger partial charge in [0.1, 0.15) is 0 Å². The number of nitrogens with one attached hydrogen (secondary N) is 1. The zero-order chi connectivity index (χ0) is 14.5. The van der Waals surface area contributed by atoms with Gasteiger partial charge in [0, 0.05) is 18.6 Å². The number of hydrogen-bond acceptors (Lipinski definition) is 1. The Labute approximate surface area is 150 Å². The molecule has 0 bridgehead atoms. The van der Waals surface area contributed by atoms with Gasteiger partial charge in [-0.2, -0.15) is 0 Å². The Balaban J connectivity index is 2.32. The van der Waals surface area contributed by atoms with Gasteiger partial charge < -0.3 is 5.32 Å². The van der Waals surface area contributed by atoms with Crippen molar-refractivity contribution >= 4 is 54.5 Å². The van der Waals surface area contributed by atoms with Crippen LogP contribution in [-0.2, 0) is 6.42 Å². The van der Waals surface area contributed by atoms with Crippen molar-refractivity contribution in [2.45, 2.75) is 19.4 Å². The Morgan fingerprint density at radius 3 is 2.60 bits per heavy atom. The van der Waals surface area contributed by atoms with Gasteiger partial charge in [-0.15, -0.1) is 0 Å². The van der Waals surface area contributed by atoms with Gasteiger partial charge in [-0.25, -0.2) is 0 Å². The second kappa shape index (κ2) is 7.92. The molecule has 20 heavy (non-hydrogen) atoms. The van der Waals surface area contributed by atoms with Crippen LogP contribution < -0.4 is 5.32 Å². The van der Waals surface area contributed by atoms with E-state index in [4.69, 9.17) is 0 Å². The van der Waals surface area contributed by atoms with Crippen LogP contribution in [0, 0.1) is 3.57 Å². The van der Waals surface area contributed by atoms with Crippen molar-refractivity contribution in [2.75, 3.05) is 6.54 Å². The van der Waals surface area contributed by atoms with Gasteiger partial charge in [-0.3, -0.25) is 0 Å². The minimum Gasteiger partial charge on any atom is -0.310 e. The largest absolute Gasteiger partial charge is 0.310 e. The minimum absolute atomic E-state index is 0.322. The van der Waals surface area contributed by atoms with E-state index in [0.717, 1.165) is 17.4 Å². The summed E-state index contributed by atoms with van der Waals surface area (Å²) >= 11 is 9.63. The predicted octanol–water partition coefficient (Wildman–Crippen LogP) is 5.71. The smallest absolute Gasteiger partial charge is 0.0372 e. The van der Waals surface area contributed by atoms with Crippen LogP contribution in [0.1, 0.15) is 24.1 Å². The molecule has 0 spiro atoms. The summed E-state index contributed by atoms with van der Waals surface area (Å²) < 4.78 is 3.60. The lowest BCUT2D eigenvalue weighted by atomic mass is 9.99. The van der Waals surface area contributed by atoms with Gasteiger partial charge in [0.05, 0.1) is 0 Å². The molecule has 0 aliphatic rings. The molecule has 0 aliphatic carbocycles. The molecule has 1 unspecified atom stereocenters. The fourth-order valence-corrected chi connectivity index (χ4v) is 3.74. The molecule has 4 heteroatoms. The zero-order valence-corrected chi connectivity index (χ0v) is 16.5. The highest BCUT2D eigenvalue weighted by atomic mass is 127. The van der Waals surface area contributed by atoms with Crippen molar-refractivity contribution in [3.05, 3.63) is 66.1 Å².